The Balaban J connectivity index is 2.61. The summed E-state index contributed by atoms with van der Waals surface area (Å²) in [5.74, 6) is 0.215. The fourth-order valence-corrected chi connectivity index (χ4v) is 1.08. The maximum Gasteiger partial charge on any atom is 0.182 e. The molecule has 3 heteroatoms. The van der Waals surface area contributed by atoms with Crippen molar-refractivity contribution in [1.29, 1.82) is 0 Å². The number of aromatic nitrogens is 2. The molecule has 46 valence electrons. The Labute approximate surface area is 52.3 Å². The van der Waals surface area contributed by atoms with Crippen molar-refractivity contribution in [2.45, 2.75) is 13.0 Å². The van der Waals surface area contributed by atoms with Crippen molar-refractivity contribution in [2.75, 3.05) is 0 Å². The van der Waals surface area contributed by atoms with Crippen LogP contribution in [0.4, 0.5) is 0 Å². The van der Waals surface area contributed by atoms with E-state index in [1.165, 1.54) is 0 Å². The number of fused-ring (bicyclic) bond motifs is 1. The molecular weight excluding hydrogens is 116 g/mol. The van der Waals surface area contributed by atoms with Gasteiger partial charge in [-0.05, 0) is 6.07 Å². The molecule has 2 rings (SSSR count). The maximum absolute atomic E-state index is 10.9. The van der Waals surface area contributed by atoms with Crippen LogP contribution in [0.15, 0.2) is 12.3 Å². The van der Waals surface area contributed by atoms with Gasteiger partial charge in [0.1, 0.15) is 5.69 Å². The number of aryl methyl sites for hydroxylation is 1. The van der Waals surface area contributed by atoms with Crippen molar-refractivity contribution < 1.29 is 4.79 Å². The third-order valence-corrected chi connectivity index (χ3v) is 1.55. The Hall–Kier alpha value is -1.12. The lowest BCUT2D eigenvalue weighted by molar-refractivity contribution is 0.0994. The topological polar surface area (TPSA) is 34.9 Å². The van der Waals surface area contributed by atoms with E-state index in [1.54, 1.807) is 16.9 Å². The summed E-state index contributed by atoms with van der Waals surface area (Å²) >= 11 is 0. The zero-order chi connectivity index (χ0) is 6.27. The summed E-state index contributed by atoms with van der Waals surface area (Å²) < 4.78 is 1.74. The number of hydrogen-bond donors (Lipinski definition) is 0. The number of hydrogen-bond acceptors (Lipinski definition) is 2. The Kier molecular flexibility index (Phi) is 0.754. The van der Waals surface area contributed by atoms with Gasteiger partial charge in [0.2, 0.25) is 0 Å². The van der Waals surface area contributed by atoms with Gasteiger partial charge in [-0.2, -0.15) is 5.10 Å². The molecule has 0 aromatic carbocycles. The fourth-order valence-electron chi connectivity index (χ4n) is 1.08. The first kappa shape index (κ1) is 4.73. The summed E-state index contributed by atoms with van der Waals surface area (Å²) in [6.07, 6.45) is 2.29. The van der Waals surface area contributed by atoms with Gasteiger partial charge < -0.3 is 0 Å². The first-order chi connectivity index (χ1) is 4.38. The van der Waals surface area contributed by atoms with E-state index in [1.807, 2.05) is 0 Å². The minimum absolute atomic E-state index is 0.215. The van der Waals surface area contributed by atoms with Gasteiger partial charge in [0.15, 0.2) is 5.78 Å². The Morgan fingerprint density at radius 1 is 1.67 bits per heavy atom. The summed E-state index contributed by atoms with van der Waals surface area (Å²) in [5, 5.41) is 3.94. The minimum atomic E-state index is 0.215. The van der Waals surface area contributed by atoms with Gasteiger partial charge in [-0.1, -0.05) is 0 Å². The van der Waals surface area contributed by atoms with Crippen LogP contribution < -0.4 is 0 Å². The van der Waals surface area contributed by atoms with Gasteiger partial charge in [-0.15, -0.1) is 0 Å². The molecule has 3 nitrogen and oxygen atoms in total. The number of Topliss-reactive ketones (excluding diaryl/α,β-unsaturated/α-hetero) is 1. The van der Waals surface area contributed by atoms with Gasteiger partial charge >= 0.3 is 0 Å². The van der Waals surface area contributed by atoms with Crippen molar-refractivity contribution >= 4 is 5.78 Å². The molecule has 0 spiro atoms. The standard InChI is InChI=1S/C6H6N2O/c9-6-2-4-8-5(6)1-3-7-8/h1,3H,2,4H2. The molecule has 1 aromatic heterocycles. The van der Waals surface area contributed by atoms with Crippen LogP contribution in [0.1, 0.15) is 16.9 Å². The molecular formula is C6H6N2O. The molecule has 2 heterocycles. The van der Waals surface area contributed by atoms with E-state index in [0.29, 0.717) is 6.42 Å². The summed E-state index contributed by atoms with van der Waals surface area (Å²) in [6, 6.07) is 1.76. The Morgan fingerprint density at radius 2 is 2.56 bits per heavy atom. The average molecular weight is 122 g/mol. The van der Waals surface area contributed by atoms with Gasteiger partial charge in [-0.25, -0.2) is 0 Å². The highest BCUT2D eigenvalue weighted by Gasteiger charge is 2.18. The molecule has 0 N–H and O–H groups in total. The van der Waals surface area contributed by atoms with Gasteiger partial charge in [-0.3, -0.25) is 9.48 Å². The quantitative estimate of drug-likeness (QED) is 0.501. The smallest absolute Gasteiger partial charge is 0.182 e. The molecule has 1 aliphatic heterocycles. The molecule has 9 heavy (non-hydrogen) atoms. The molecule has 0 amide bonds. The second-order valence-corrected chi connectivity index (χ2v) is 2.11. The first-order valence-electron chi connectivity index (χ1n) is 2.93. The number of ketones is 1. The molecule has 0 unspecified atom stereocenters. The van der Waals surface area contributed by atoms with Crippen LogP contribution >= 0.6 is 0 Å². The van der Waals surface area contributed by atoms with Crippen LogP contribution in [0.25, 0.3) is 0 Å². The van der Waals surface area contributed by atoms with E-state index in [9.17, 15) is 4.79 Å². The third kappa shape index (κ3) is 0.512. The highest BCUT2D eigenvalue weighted by Crippen LogP contribution is 2.11. The van der Waals surface area contributed by atoms with E-state index in [0.717, 1.165) is 12.2 Å². The van der Waals surface area contributed by atoms with E-state index < -0.39 is 0 Å². The van der Waals surface area contributed by atoms with Crippen LogP contribution in [0.5, 0.6) is 0 Å². The number of rotatable bonds is 0. The van der Waals surface area contributed by atoms with Crippen molar-refractivity contribution in [3.05, 3.63) is 18.0 Å². The molecule has 0 fully saturated rings. The second-order valence-electron chi connectivity index (χ2n) is 2.11. The normalized spacial score (nSPS) is 16.2. The van der Waals surface area contributed by atoms with Crippen molar-refractivity contribution in [3.63, 3.8) is 0 Å². The number of carbonyl (C=O) groups excluding carboxylic acids is 1. The monoisotopic (exact) mass is 122 g/mol. The van der Waals surface area contributed by atoms with Gasteiger partial charge in [0.25, 0.3) is 0 Å². The zero-order valence-electron chi connectivity index (χ0n) is 4.87. The Morgan fingerprint density at radius 3 is 3.33 bits per heavy atom. The van der Waals surface area contributed by atoms with E-state index in [2.05, 4.69) is 5.10 Å². The van der Waals surface area contributed by atoms with Crippen molar-refractivity contribution in [1.82, 2.24) is 9.78 Å². The molecule has 0 radical (unpaired) electrons. The number of nitrogens with zero attached hydrogens (tertiary/aromatic N) is 2. The highest BCUT2D eigenvalue weighted by atomic mass is 16.1. The van der Waals surface area contributed by atoms with Crippen LogP contribution in [0.3, 0.4) is 0 Å². The maximum atomic E-state index is 10.9. The zero-order valence-corrected chi connectivity index (χ0v) is 4.87. The predicted molar refractivity (Wildman–Crippen MR) is 31.2 cm³/mol. The summed E-state index contributed by atoms with van der Waals surface area (Å²) in [4.78, 5) is 10.9. The lowest BCUT2D eigenvalue weighted by Crippen LogP contribution is -1.93. The highest BCUT2D eigenvalue weighted by molar-refractivity contribution is 5.95. The third-order valence-electron chi connectivity index (χ3n) is 1.55. The van der Waals surface area contributed by atoms with Crippen molar-refractivity contribution in [3.8, 4) is 0 Å². The second kappa shape index (κ2) is 1.43. The molecule has 1 aliphatic rings. The van der Waals surface area contributed by atoms with Crippen LogP contribution in [-0.4, -0.2) is 15.6 Å². The minimum Gasteiger partial charge on any atom is -0.292 e. The summed E-state index contributed by atoms with van der Waals surface area (Å²) in [5.41, 5.74) is 0.759. The van der Waals surface area contributed by atoms with E-state index in [-0.39, 0.29) is 5.78 Å². The molecule has 1 aromatic rings. The predicted octanol–water partition coefficient (Wildman–Crippen LogP) is 0.469. The summed E-state index contributed by atoms with van der Waals surface area (Å²) in [7, 11) is 0. The largest absolute Gasteiger partial charge is 0.292 e. The SMILES string of the molecule is O=C1CCn2nccc21. The average Bonchev–Trinajstić information content (AvgIpc) is 2.35. The van der Waals surface area contributed by atoms with E-state index >= 15 is 0 Å². The first-order valence-corrected chi connectivity index (χ1v) is 2.93. The lowest BCUT2D eigenvalue weighted by Gasteiger charge is -1.86. The van der Waals surface area contributed by atoms with Crippen LogP contribution in [0.2, 0.25) is 0 Å². The molecule has 0 atom stereocenters. The fraction of sp³-hybridized carbons (Fsp3) is 0.333. The molecule has 0 saturated carbocycles. The van der Waals surface area contributed by atoms with Crippen LogP contribution in [0, 0.1) is 0 Å². The van der Waals surface area contributed by atoms with Gasteiger partial charge in [0, 0.05) is 19.2 Å². The van der Waals surface area contributed by atoms with Crippen LogP contribution in [-0.2, 0) is 6.54 Å². The molecule has 0 saturated heterocycles. The van der Waals surface area contributed by atoms with E-state index in [4.69, 9.17) is 0 Å². The van der Waals surface area contributed by atoms with Gasteiger partial charge in [0.05, 0.1) is 0 Å². The summed E-state index contributed by atoms with van der Waals surface area (Å²) in [6.45, 7) is 0.765. The number of carbonyl (C=O) groups is 1. The lowest BCUT2D eigenvalue weighted by atomic mass is 10.3. The van der Waals surface area contributed by atoms with Crippen molar-refractivity contribution in [2.24, 2.45) is 0 Å². The molecule has 0 bridgehead atoms. The Bertz CT molecular complexity index is 251. The molecule has 0 aliphatic carbocycles.